The van der Waals surface area contributed by atoms with Crippen LogP contribution in [0.15, 0.2) is 42.7 Å². The summed E-state index contributed by atoms with van der Waals surface area (Å²) in [6, 6.07) is 11.7. The van der Waals surface area contributed by atoms with Crippen LogP contribution in [0.4, 0.5) is 11.5 Å². The van der Waals surface area contributed by atoms with Crippen molar-refractivity contribution in [1.82, 2.24) is 19.9 Å². The molecular formula is C17H17N5O. The summed E-state index contributed by atoms with van der Waals surface area (Å²) in [6.45, 7) is 5.75. The minimum Gasteiger partial charge on any atom is -0.424 e. The van der Waals surface area contributed by atoms with Gasteiger partial charge in [-0.2, -0.15) is 0 Å². The number of nitrogens with one attached hydrogen (secondary N) is 1. The van der Waals surface area contributed by atoms with E-state index in [1.165, 1.54) is 6.33 Å². The number of nitrogens with zero attached hydrogens (tertiary/aromatic N) is 4. The van der Waals surface area contributed by atoms with Gasteiger partial charge >= 0.3 is 6.01 Å². The molecule has 0 bridgehead atoms. The normalized spacial score (nSPS) is 10.4. The summed E-state index contributed by atoms with van der Waals surface area (Å²) in [5.74, 6) is 1.39. The molecule has 0 saturated heterocycles. The van der Waals surface area contributed by atoms with Gasteiger partial charge in [-0.1, -0.05) is 6.07 Å². The molecule has 3 aromatic rings. The van der Waals surface area contributed by atoms with Crippen molar-refractivity contribution in [2.45, 2.75) is 20.8 Å². The van der Waals surface area contributed by atoms with E-state index in [-0.39, 0.29) is 0 Å². The average molecular weight is 307 g/mol. The average Bonchev–Trinajstić information content (AvgIpc) is 2.46. The Morgan fingerprint density at radius 1 is 0.870 bits per heavy atom. The van der Waals surface area contributed by atoms with Crippen molar-refractivity contribution in [3.63, 3.8) is 0 Å². The minimum absolute atomic E-state index is 0.345. The van der Waals surface area contributed by atoms with E-state index in [9.17, 15) is 0 Å². The van der Waals surface area contributed by atoms with Gasteiger partial charge in [0.15, 0.2) is 0 Å². The highest BCUT2D eigenvalue weighted by molar-refractivity contribution is 5.58. The number of aryl methyl sites for hydroxylation is 3. The molecule has 0 fully saturated rings. The lowest BCUT2D eigenvalue weighted by Crippen LogP contribution is -1.97. The van der Waals surface area contributed by atoms with Crippen LogP contribution >= 0.6 is 0 Å². The molecule has 6 heteroatoms. The van der Waals surface area contributed by atoms with Crippen LogP contribution < -0.4 is 10.1 Å². The highest BCUT2D eigenvalue weighted by Gasteiger charge is 2.04. The molecular weight excluding hydrogens is 290 g/mol. The third-order valence-corrected chi connectivity index (χ3v) is 3.08. The van der Waals surface area contributed by atoms with E-state index in [0.29, 0.717) is 11.8 Å². The molecule has 0 radical (unpaired) electrons. The first-order valence-corrected chi connectivity index (χ1v) is 7.24. The van der Waals surface area contributed by atoms with E-state index in [1.807, 2.05) is 57.2 Å². The molecule has 0 amide bonds. The molecule has 0 spiro atoms. The predicted octanol–water partition coefficient (Wildman–Crippen LogP) is 3.73. The number of hydrogen-bond acceptors (Lipinski definition) is 6. The lowest BCUT2D eigenvalue weighted by atomic mass is 10.3. The number of ether oxygens (including phenoxy) is 1. The summed E-state index contributed by atoms with van der Waals surface area (Å²) in [5, 5.41) is 3.22. The van der Waals surface area contributed by atoms with Crippen molar-refractivity contribution in [1.29, 1.82) is 0 Å². The topological polar surface area (TPSA) is 72.8 Å². The van der Waals surface area contributed by atoms with Crippen LogP contribution in [0.2, 0.25) is 0 Å². The van der Waals surface area contributed by atoms with Crippen LogP contribution in [0.5, 0.6) is 11.8 Å². The van der Waals surface area contributed by atoms with Gasteiger partial charge in [0.2, 0.25) is 0 Å². The molecule has 0 saturated carbocycles. The van der Waals surface area contributed by atoms with Crippen molar-refractivity contribution in [2.24, 2.45) is 0 Å². The fourth-order valence-corrected chi connectivity index (χ4v) is 2.15. The van der Waals surface area contributed by atoms with Crippen LogP contribution in [0.3, 0.4) is 0 Å². The summed E-state index contributed by atoms with van der Waals surface area (Å²) in [6.07, 6.45) is 1.53. The molecule has 2 heterocycles. The first-order valence-electron chi connectivity index (χ1n) is 7.24. The monoisotopic (exact) mass is 307 g/mol. The third kappa shape index (κ3) is 4.00. The Kier molecular flexibility index (Phi) is 4.14. The second-order valence-corrected chi connectivity index (χ2v) is 5.23. The van der Waals surface area contributed by atoms with Gasteiger partial charge in [-0.3, -0.25) is 0 Å². The SMILES string of the molecule is Cc1cc(Nc2cccc(Oc3nc(C)cc(C)n3)c2)ncn1. The molecule has 23 heavy (non-hydrogen) atoms. The molecule has 0 aliphatic rings. The summed E-state index contributed by atoms with van der Waals surface area (Å²) in [5.41, 5.74) is 3.51. The van der Waals surface area contributed by atoms with E-state index in [1.54, 1.807) is 0 Å². The summed E-state index contributed by atoms with van der Waals surface area (Å²) >= 11 is 0. The van der Waals surface area contributed by atoms with Crippen molar-refractivity contribution in [3.8, 4) is 11.8 Å². The van der Waals surface area contributed by atoms with Gasteiger partial charge in [0.25, 0.3) is 0 Å². The first kappa shape index (κ1) is 14.9. The zero-order valence-electron chi connectivity index (χ0n) is 13.2. The number of anilines is 2. The van der Waals surface area contributed by atoms with Gasteiger partial charge in [-0.25, -0.2) is 19.9 Å². The summed E-state index contributed by atoms with van der Waals surface area (Å²) in [4.78, 5) is 16.8. The number of rotatable bonds is 4. The number of benzene rings is 1. The van der Waals surface area contributed by atoms with E-state index in [4.69, 9.17) is 4.74 Å². The first-order chi connectivity index (χ1) is 11.1. The lowest BCUT2D eigenvalue weighted by Gasteiger charge is -2.09. The van der Waals surface area contributed by atoms with Gasteiger partial charge in [0.05, 0.1) is 0 Å². The standard InChI is InChI=1S/C17H17N5O/c1-11-8-16(19-10-18-11)22-14-5-4-6-15(9-14)23-17-20-12(2)7-13(3)21-17/h4-10H,1-3H3,(H,18,19,22). The fourth-order valence-electron chi connectivity index (χ4n) is 2.15. The molecule has 1 aromatic carbocycles. The van der Waals surface area contributed by atoms with Gasteiger partial charge in [-0.05, 0) is 39.0 Å². The zero-order valence-corrected chi connectivity index (χ0v) is 13.2. The van der Waals surface area contributed by atoms with Gasteiger partial charge in [0.1, 0.15) is 17.9 Å². The Balaban J connectivity index is 1.79. The van der Waals surface area contributed by atoms with Crippen molar-refractivity contribution >= 4 is 11.5 Å². The maximum Gasteiger partial charge on any atom is 0.322 e. The molecule has 2 aromatic heterocycles. The maximum absolute atomic E-state index is 5.75. The second kappa shape index (κ2) is 6.39. The smallest absolute Gasteiger partial charge is 0.322 e. The van der Waals surface area contributed by atoms with E-state index >= 15 is 0 Å². The van der Waals surface area contributed by atoms with Crippen LogP contribution in [0.25, 0.3) is 0 Å². The van der Waals surface area contributed by atoms with Crippen LogP contribution in [0, 0.1) is 20.8 Å². The Morgan fingerprint density at radius 3 is 2.39 bits per heavy atom. The zero-order chi connectivity index (χ0) is 16.2. The number of hydrogen-bond donors (Lipinski definition) is 1. The molecule has 1 N–H and O–H groups in total. The highest BCUT2D eigenvalue weighted by Crippen LogP contribution is 2.24. The van der Waals surface area contributed by atoms with Crippen LogP contribution in [0.1, 0.15) is 17.1 Å². The Hall–Kier alpha value is -3.02. The molecule has 3 rings (SSSR count). The molecule has 6 nitrogen and oxygen atoms in total. The Bertz CT molecular complexity index is 814. The maximum atomic E-state index is 5.75. The Labute approximate surface area is 134 Å². The third-order valence-electron chi connectivity index (χ3n) is 3.08. The number of aromatic nitrogens is 4. The van der Waals surface area contributed by atoms with Crippen molar-refractivity contribution in [3.05, 3.63) is 59.8 Å². The van der Waals surface area contributed by atoms with Crippen LogP contribution in [-0.4, -0.2) is 19.9 Å². The highest BCUT2D eigenvalue weighted by atomic mass is 16.5. The van der Waals surface area contributed by atoms with Crippen LogP contribution in [-0.2, 0) is 0 Å². The summed E-state index contributed by atoms with van der Waals surface area (Å²) in [7, 11) is 0. The predicted molar refractivity (Wildman–Crippen MR) is 88.1 cm³/mol. The molecule has 0 atom stereocenters. The Morgan fingerprint density at radius 2 is 1.65 bits per heavy atom. The molecule has 0 aliphatic carbocycles. The summed E-state index contributed by atoms with van der Waals surface area (Å²) < 4.78 is 5.75. The van der Waals surface area contributed by atoms with E-state index in [2.05, 4.69) is 25.3 Å². The quantitative estimate of drug-likeness (QED) is 0.792. The molecule has 116 valence electrons. The van der Waals surface area contributed by atoms with E-state index in [0.717, 1.165) is 28.6 Å². The molecule has 0 aliphatic heterocycles. The molecule has 0 unspecified atom stereocenters. The van der Waals surface area contributed by atoms with Crippen molar-refractivity contribution < 1.29 is 4.74 Å². The minimum atomic E-state index is 0.345. The fraction of sp³-hybridized carbons (Fsp3) is 0.176. The second-order valence-electron chi connectivity index (χ2n) is 5.23. The lowest BCUT2D eigenvalue weighted by molar-refractivity contribution is 0.439. The van der Waals surface area contributed by atoms with Gasteiger partial charge in [-0.15, -0.1) is 0 Å². The van der Waals surface area contributed by atoms with E-state index < -0.39 is 0 Å². The van der Waals surface area contributed by atoms with Gasteiger partial charge < -0.3 is 10.1 Å². The largest absolute Gasteiger partial charge is 0.424 e. The van der Waals surface area contributed by atoms with Crippen molar-refractivity contribution in [2.75, 3.05) is 5.32 Å². The van der Waals surface area contributed by atoms with Gasteiger partial charge in [0, 0.05) is 34.9 Å².